The van der Waals surface area contributed by atoms with Gasteiger partial charge in [0.25, 0.3) is 0 Å². The number of nitrogens with one attached hydrogen (secondary N) is 3. The summed E-state index contributed by atoms with van der Waals surface area (Å²) in [6.45, 7) is 1.94. The maximum absolute atomic E-state index is 13.5. The van der Waals surface area contributed by atoms with Crippen LogP contribution in [0, 0.1) is 6.92 Å². The summed E-state index contributed by atoms with van der Waals surface area (Å²) in [7, 11) is 1.62. The normalized spacial score (nSPS) is 11.3. The van der Waals surface area contributed by atoms with E-state index in [1.54, 1.807) is 13.2 Å². The smallest absolute Gasteiger partial charge is 0.242 e. The van der Waals surface area contributed by atoms with Gasteiger partial charge < -0.3 is 20.7 Å². The number of para-hydroxylation sites is 2. The van der Waals surface area contributed by atoms with E-state index in [2.05, 4.69) is 16.0 Å². The summed E-state index contributed by atoms with van der Waals surface area (Å²) in [6, 6.07) is 30.5. The Kier molecular flexibility index (Phi) is 9.06. The lowest BCUT2D eigenvalue weighted by Gasteiger charge is -2.19. The molecule has 0 saturated carbocycles. The Morgan fingerprint density at radius 3 is 2.41 bits per heavy atom. The highest BCUT2D eigenvalue weighted by atomic mass is 35.5. The Morgan fingerprint density at radius 2 is 1.62 bits per heavy atom. The van der Waals surface area contributed by atoms with Crippen LogP contribution in [0.15, 0.2) is 102 Å². The number of halogens is 1. The van der Waals surface area contributed by atoms with Gasteiger partial charge in [-0.05, 0) is 72.7 Å². The third-order valence-corrected chi connectivity index (χ3v) is 7.19. The van der Waals surface area contributed by atoms with Crippen molar-refractivity contribution in [3.8, 4) is 5.75 Å². The highest BCUT2D eigenvalue weighted by Crippen LogP contribution is 2.37. The molecule has 8 heteroatoms. The Bertz CT molecular complexity index is 1400. The zero-order chi connectivity index (χ0) is 26.2. The number of ether oxygens (including phenoxy) is 1. The number of anilines is 3. The van der Waals surface area contributed by atoms with Gasteiger partial charge in [-0.3, -0.25) is 4.79 Å². The molecule has 0 aliphatic heterocycles. The fraction of sp³-hybridized carbons (Fsp3) is 0.103. The first-order valence-corrected chi connectivity index (χ1v) is 13.2. The maximum atomic E-state index is 13.5. The second-order valence-corrected chi connectivity index (χ2v) is 10.2. The van der Waals surface area contributed by atoms with Gasteiger partial charge in [0, 0.05) is 21.3 Å². The zero-order valence-corrected chi connectivity index (χ0v) is 22.7. The van der Waals surface area contributed by atoms with E-state index in [-0.39, 0.29) is 5.91 Å². The fourth-order valence-corrected chi connectivity index (χ4v) is 5.13. The lowest BCUT2D eigenvalue weighted by atomic mass is 10.1. The van der Waals surface area contributed by atoms with Gasteiger partial charge in [-0.25, -0.2) is 0 Å². The average Bonchev–Trinajstić information content (AvgIpc) is 2.90. The Balaban J connectivity index is 1.51. The predicted molar refractivity (Wildman–Crippen MR) is 159 cm³/mol. The lowest BCUT2D eigenvalue weighted by molar-refractivity contribution is -0.115. The fourth-order valence-electron chi connectivity index (χ4n) is 3.64. The van der Waals surface area contributed by atoms with Crippen LogP contribution in [0.2, 0.25) is 5.02 Å². The molecular weight excluding hydrogens is 522 g/mol. The summed E-state index contributed by atoms with van der Waals surface area (Å²) in [5.41, 5.74) is 4.11. The molecule has 0 saturated heterocycles. The van der Waals surface area contributed by atoms with Crippen molar-refractivity contribution in [1.82, 2.24) is 0 Å². The minimum Gasteiger partial charge on any atom is -0.495 e. The van der Waals surface area contributed by atoms with Crippen LogP contribution >= 0.6 is 35.6 Å². The SMILES string of the molecule is COc1ccccc1NC(=S)Nc1cccc(SC(C(=O)Nc2cc(Cl)ccc2C)c2ccccc2)c1. The molecule has 4 rings (SSSR count). The first-order valence-electron chi connectivity index (χ1n) is 11.5. The summed E-state index contributed by atoms with van der Waals surface area (Å²) in [6.07, 6.45) is 0. The van der Waals surface area contributed by atoms with Crippen molar-refractivity contribution in [2.75, 3.05) is 23.1 Å². The van der Waals surface area contributed by atoms with E-state index in [0.717, 1.165) is 27.4 Å². The van der Waals surface area contributed by atoms with E-state index in [4.69, 9.17) is 28.6 Å². The van der Waals surface area contributed by atoms with E-state index in [1.807, 2.05) is 97.9 Å². The first-order chi connectivity index (χ1) is 17.9. The molecule has 37 heavy (non-hydrogen) atoms. The molecular formula is C29H26ClN3O2S2. The molecule has 5 nitrogen and oxygen atoms in total. The van der Waals surface area contributed by atoms with Gasteiger partial charge in [0.05, 0.1) is 12.8 Å². The quantitative estimate of drug-likeness (QED) is 0.154. The molecule has 0 spiro atoms. The molecule has 188 valence electrons. The number of amides is 1. The topological polar surface area (TPSA) is 62.4 Å². The molecule has 0 radical (unpaired) electrons. The number of thiocarbonyl (C=S) groups is 1. The second-order valence-electron chi connectivity index (χ2n) is 8.16. The van der Waals surface area contributed by atoms with E-state index in [9.17, 15) is 4.79 Å². The van der Waals surface area contributed by atoms with Crippen LogP contribution < -0.4 is 20.7 Å². The molecule has 0 aromatic heterocycles. The van der Waals surface area contributed by atoms with E-state index >= 15 is 0 Å². The molecule has 1 unspecified atom stereocenters. The number of methoxy groups -OCH3 is 1. The van der Waals surface area contributed by atoms with Crippen molar-refractivity contribution >= 4 is 63.7 Å². The van der Waals surface area contributed by atoms with Crippen molar-refractivity contribution in [1.29, 1.82) is 0 Å². The molecule has 4 aromatic rings. The van der Waals surface area contributed by atoms with Gasteiger partial charge in [-0.2, -0.15) is 0 Å². The van der Waals surface area contributed by atoms with Crippen molar-refractivity contribution in [2.45, 2.75) is 17.1 Å². The number of aryl methyl sites for hydroxylation is 1. The van der Waals surface area contributed by atoms with Crippen LogP contribution in [-0.2, 0) is 4.79 Å². The van der Waals surface area contributed by atoms with Crippen LogP contribution in [0.3, 0.4) is 0 Å². The molecule has 3 N–H and O–H groups in total. The van der Waals surface area contributed by atoms with Crippen molar-refractivity contribution in [3.05, 3.63) is 113 Å². The largest absolute Gasteiger partial charge is 0.495 e. The van der Waals surface area contributed by atoms with Crippen LogP contribution in [0.4, 0.5) is 17.1 Å². The summed E-state index contributed by atoms with van der Waals surface area (Å²) in [5.74, 6) is 0.566. The first kappa shape index (κ1) is 26.5. The van der Waals surface area contributed by atoms with Crippen molar-refractivity contribution < 1.29 is 9.53 Å². The molecule has 0 bridgehead atoms. The zero-order valence-electron chi connectivity index (χ0n) is 20.3. The standard InChI is InChI=1S/C29H26ClN3O2S2/c1-19-15-16-21(30)17-25(19)32-28(34)27(20-9-4-3-5-10-20)37-23-12-8-11-22(18-23)31-29(36)33-24-13-6-7-14-26(24)35-2/h3-18,27H,1-2H3,(H,32,34)(H2,31,33,36). The van der Waals surface area contributed by atoms with Gasteiger partial charge in [0.2, 0.25) is 5.91 Å². The monoisotopic (exact) mass is 547 g/mol. The minimum absolute atomic E-state index is 0.131. The third-order valence-electron chi connectivity index (χ3n) is 5.50. The van der Waals surface area contributed by atoms with E-state index < -0.39 is 5.25 Å². The van der Waals surface area contributed by atoms with Gasteiger partial charge in [0.1, 0.15) is 11.0 Å². The predicted octanol–water partition coefficient (Wildman–Crippen LogP) is 7.94. The Morgan fingerprint density at radius 1 is 0.865 bits per heavy atom. The van der Waals surface area contributed by atoms with Gasteiger partial charge >= 0.3 is 0 Å². The van der Waals surface area contributed by atoms with Crippen LogP contribution in [0.25, 0.3) is 0 Å². The second kappa shape index (κ2) is 12.6. The number of hydrogen-bond donors (Lipinski definition) is 3. The van der Waals surface area contributed by atoms with E-state index in [0.29, 0.717) is 21.6 Å². The molecule has 0 aliphatic carbocycles. The number of benzene rings is 4. The molecule has 0 heterocycles. The maximum Gasteiger partial charge on any atom is 0.242 e. The summed E-state index contributed by atoms with van der Waals surface area (Å²) in [5, 5.41) is 9.95. The lowest BCUT2D eigenvalue weighted by Crippen LogP contribution is -2.20. The molecule has 1 atom stereocenters. The number of thioether (sulfide) groups is 1. The van der Waals surface area contributed by atoms with Crippen LogP contribution in [0.5, 0.6) is 5.75 Å². The highest BCUT2D eigenvalue weighted by Gasteiger charge is 2.23. The molecule has 1 amide bonds. The van der Waals surface area contributed by atoms with Gasteiger partial charge in [0.15, 0.2) is 5.11 Å². The van der Waals surface area contributed by atoms with Crippen molar-refractivity contribution in [2.24, 2.45) is 0 Å². The Hall–Kier alpha value is -3.52. The Labute approximate surface area is 231 Å². The van der Waals surface area contributed by atoms with Gasteiger partial charge in [-0.15, -0.1) is 11.8 Å². The number of hydrogen-bond acceptors (Lipinski definition) is 4. The summed E-state index contributed by atoms with van der Waals surface area (Å²) < 4.78 is 5.38. The van der Waals surface area contributed by atoms with Crippen LogP contribution in [0.1, 0.15) is 16.4 Å². The molecule has 0 aliphatic rings. The number of rotatable bonds is 8. The average molecular weight is 548 g/mol. The van der Waals surface area contributed by atoms with Crippen LogP contribution in [-0.4, -0.2) is 18.1 Å². The minimum atomic E-state index is -0.478. The number of carbonyl (C=O) groups excluding carboxylic acids is 1. The molecule has 0 fully saturated rings. The van der Waals surface area contributed by atoms with E-state index in [1.165, 1.54) is 11.8 Å². The summed E-state index contributed by atoms with van der Waals surface area (Å²) >= 11 is 13.1. The van der Waals surface area contributed by atoms with Crippen molar-refractivity contribution in [3.63, 3.8) is 0 Å². The van der Waals surface area contributed by atoms with Gasteiger partial charge in [-0.1, -0.05) is 66.2 Å². The highest BCUT2D eigenvalue weighted by molar-refractivity contribution is 8.00. The summed E-state index contributed by atoms with van der Waals surface area (Å²) in [4.78, 5) is 14.4. The molecule has 4 aromatic carbocycles. The third kappa shape index (κ3) is 7.26. The number of carbonyl (C=O) groups is 1.